The van der Waals surface area contributed by atoms with Crippen LogP contribution < -0.4 is 11.5 Å². The van der Waals surface area contributed by atoms with E-state index in [-0.39, 0.29) is 29.6 Å². The summed E-state index contributed by atoms with van der Waals surface area (Å²) in [7, 11) is 0. The van der Waals surface area contributed by atoms with E-state index in [0.717, 1.165) is 16.7 Å². The number of carbonyl (C=O) groups is 2. The van der Waals surface area contributed by atoms with Gasteiger partial charge in [-0.25, -0.2) is 4.99 Å². The summed E-state index contributed by atoms with van der Waals surface area (Å²) in [5.41, 5.74) is 16.1. The Labute approximate surface area is 206 Å². The van der Waals surface area contributed by atoms with Crippen LogP contribution in [0.4, 0.5) is 5.69 Å². The van der Waals surface area contributed by atoms with Gasteiger partial charge >= 0.3 is 0 Å². The van der Waals surface area contributed by atoms with Crippen LogP contribution in [-0.2, 0) is 4.79 Å². The molecule has 0 radical (unpaired) electrons. The zero-order chi connectivity index (χ0) is 25.0. The summed E-state index contributed by atoms with van der Waals surface area (Å²) in [6.07, 6.45) is 1.63. The Bertz CT molecular complexity index is 1140. The number of amides is 2. The number of benzene rings is 2. The fourth-order valence-electron chi connectivity index (χ4n) is 3.92. The van der Waals surface area contributed by atoms with Crippen LogP contribution >= 0.6 is 11.6 Å². The van der Waals surface area contributed by atoms with Crippen molar-refractivity contribution in [2.24, 2.45) is 10.7 Å². The molecule has 2 amide bonds. The highest BCUT2D eigenvalue weighted by Gasteiger charge is 2.31. The zero-order valence-electron chi connectivity index (χ0n) is 20.1. The quantitative estimate of drug-likeness (QED) is 0.391. The van der Waals surface area contributed by atoms with Crippen LogP contribution in [-0.4, -0.2) is 53.1 Å². The number of hydrogen-bond acceptors (Lipinski definition) is 4. The highest BCUT2D eigenvalue weighted by atomic mass is 35.5. The predicted octanol–water partition coefficient (Wildman–Crippen LogP) is 3.97. The van der Waals surface area contributed by atoms with Crippen LogP contribution in [0.3, 0.4) is 0 Å². The molecule has 1 fully saturated rings. The van der Waals surface area contributed by atoms with Crippen molar-refractivity contribution in [2.75, 3.05) is 25.4 Å². The van der Waals surface area contributed by atoms with Crippen molar-refractivity contribution >= 4 is 34.9 Å². The molecule has 1 heterocycles. The molecule has 0 aliphatic carbocycles. The second-order valence-corrected chi connectivity index (χ2v) is 9.27. The standard InChI is InChI=1S/C26H32ClN5O2/c1-16-8-9-21(13-23(16)28)25(33)31-10-11-32(18(3)15-31)26(34)24(29)30-14-17(2)19(4)20-6-5-7-22(27)12-20/h5-9,12-14,18-19H,10-11,15,28H2,1-4H3,(H2,29,30)/b17-14+. The topological polar surface area (TPSA) is 105 Å². The maximum atomic E-state index is 12.9. The van der Waals surface area contributed by atoms with Gasteiger partial charge in [0.2, 0.25) is 0 Å². The smallest absolute Gasteiger partial charge is 0.289 e. The van der Waals surface area contributed by atoms with Gasteiger partial charge in [0.15, 0.2) is 5.84 Å². The molecule has 2 aromatic rings. The fraction of sp³-hybridized carbons (Fsp3) is 0.346. The lowest BCUT2D eigenvalue weighted by molar-refractivity contribution is -0.128. The minimum absolute atomic E-state index is 0.0735. The number of aryl methyl sites for hydroxylation is 1. The van der Waals surface area contributed by atoms with Crippen LogP contribution in [0.2, 0.25) is 5.02 Å². The number of carbonyl (C=O) groups excluding carboxylic acids is 2. The second kappa shape index (κ2) is 10.7. The van der Waals surface area contributed by atoms with Crippen LogP contribution in [0.1, 0.15) is 48.2 Å². The number of hydrogen-bond donors (Lipinski definition) is 2. The van der Waals surface area contributed by atoms with Crippen LogP contribution in [0.15, 0.2) is 59.2 Å². The Morgan fingerprint density at radius 1 is 1.21 bits per heavy atom. The lowest BCUT2D eigenvalue weighted by atomic mass is 9.95. The normalized spacial score (nSPS) is 18.1. The first-order valence-electron chi connectivity index (χ1n) is 11.3. The van der Waals surface area contributed by atoms with Crippen LogP contribution in [0.25, 0.3) is 0 Å². The molecule has 1 saturated heterocycles. The largest absolute Gasteiger partial charge is 0.398 e. The van der Waals surface area contributed by atoms with E-state index in [1.54, 1.807) is 28.1 Å². The summed E-state index contributed by atoms with van der Waals surface area (Å²) in [5.74, 6) is -0.426. The first kappa shape index (κ1) is 25.3. The SMILES string of the molecule is C/C(=C\N=C(N)C(=O)N1CCN(C(=O)c2ccc(C)c(N)c2)CC1C)C(C)c1cccc(Cl)c1. The third-order valence-corrected chi connectivity index (χ3v) is 6.59. The summed E-state index contributed by atoms with van der Waals surface area (Å²) in [6.45, 7) is 8.99. The van der Waals surface area contributed by atoms with Crippen LogP contribution in [0, 0.1) is 6.92 Å². The van der Waals surface area contributed by atoms with Crippen molar-refractivity contribution < 1.29 is 9.59 Å². The number of piperazine rings is 1. The third-order valence-electron chi connectivity index (χ3n) is 6.36. The van der Waals surface area contributed by atoms with Gasteiger partial charge in [-0.3, -0.25) is 9.59 Å². The molecule has 180 valence electrons. The monoisotopic (exact) mass is 481 g/mol. The molecule has 7 nitrogen and oxygen atoms in total. The van der Waals surface area contributed by atoms with Crippen molar-refractivity contribution in [3.63, 3.8) is 0 Å². The molecule has 0 saturated carbocycles. The third kappa shape index (κ3) is 5.78. The Morgan fingerprint density at radius 2 is 1.94 bits per heavy atom. The summed E-state index contributed by atoms with van der Waals surface area (Å²) < 4.78 is 0. The highest BCUT2D eigenvalue weighted by molar-refractivity contribution is 6.37. The van der Waals surface area contributed by atoms with E-state index < -0.39 is 0 Å². The molecule has 0 aromatic heterocycles. The molecule has 1 aliphatic rings. The van der Waals surface area contributed by atoms with Crippen molar-refractivity contribution in [2.45, 2.75) is 39.7 Å². The molecule has 2 unspecified atom stereocenters. The number of amidine groups is 1. The van der Waals surface area contributed by atoms with Gasteiger partial charge in [-0.05, 0) is 61.7 Å². The summed E-state index contributed by atoms with van der Waals surface area (Å²) in [6, 6.07) is 12.8. The van der Waals surface area contributed by atoms with Gasteiger partial charge in [0, 0.05) is 54.1 Å². The first-order chi connectivity index (χ1) is 16.1. The first-order valence-corrected chi connectivity index (χ1v) is 11.7. The number of nitrogens with zero attached hydrogens (tertiary/aromatic N) is 3. The summed E-state index contributed by atoms with van der Waals surface area (Å²) in [5, 5.41) is 0.674. The maximum absolute atomic E-state index is 12.9. The Hall–Kier alpha value is -3.32. The molecule has 4 N–H and O–H groups in total. The number of nitrogens with two attached hydrogens (primary N) is 2. The van der Waals surface area contributed by atoms with E-state index in [1.807, 2.05) is 58.0 Å². The van der Waals surface area contributed by atoms with Crippen molar-refractivity contribution in [3.8, 4) is 0 Å². The van der Waals surface area contributed by atoms with Gasteiger partial charge in [0.25, 0.3) is 11.8 Å². The molecule has 2 aromatic carbocycles. The lowest BCUT2D eigenvalue weighted by Crippen LogP contribution is -2.57. The Morgan fingerprint density at radius 3 is 2.59 bits per heavy atom. The van der Waals surface area contributed by atoms with Gasteiger partial charge in [0.1, 0.15) is 0 Å². The minimum atomic E-state index is -0.335. The second-order valence-electron chi connectivity index (χ2n) is 8.83. The van der Waals surface area contributed by atoms with Gasteiger partial charge in [-0.15, -0.1) is 0 Å². The van der Waals surface area contributed by atoms with E-state index in [0.29, 0.717) is 35.9 Å². The number of nitrogen functional groups attached to an aromatic ring is 1. The maximum Gasteiger partial charge on any atom is 0.289 e. The van der Waals surface area contributed by atoms with E-state index in [1.165, 1.54) is 0 Å². The van der Waals surface area contributed by atoms with E-state index >= 15 is 0 Å². The van der Waals surface area contributed by atoms with E-state index in [2.05, 4.69) is 4.99 Å². The van der Waals surface area contributed by atoms with Gasteiger partial charge in [-0.1, -0.05) is 36.7 Å². The van der Waals surface area contributed by atoms with Crippen molar-refractivity contribution in [1.29, 1.82) is 0 Å². The number of aliphatic imine (C=N–C) groups is 1. The average Bonchev–Trinajstić information content (AvgIpc) is 2.82. The van der Waals surface area contributed by atoms with Gasteiger partial charge < -0.3 is 21.3 Å². The van der Waals surface area contributed by atoms with Gasteiger partial charge in [0.05, 0.1) is 0 Å². The number of halogens is 1. The lowest BCUT2D eigenvalue weighted by Gasteiger charge is -2.39. The van der Waals surface area contributed by atoms with Crippen molar-refractivity contribution in [1.82, 2.24) is 9.80 Å². The highest BCUT2D eigenvalue weighted by Crippen LogP contribution is 2.25. The van der Waals surface area contributed by atoms with Crippen molar-refractivity contribution in [3.05, 3.63) is 76.0 Å². The van der Waals surface area contributed by atoms with E-state index in [9.17, 15) is 9.59 Å². The van der Waals surface area contributed by atoms with Crippen LogP contribution in [0.5, 0.6) is 0 Å². The molecule has 1 aliphatic heterocycles. The molecule has 8 heteroatoms. The molecule has 0 bridgehead atoms. The summed E-state index contributed by atoms with van der Waals surface area (Å²) in [4.78, 5) is 33.5. The minimum Gasteiger partial charge on any atom is -0.398 e. The van der Waals surface area contributed by atoms with Gasteiger partial charge in [-0.2, -0.15) is 0 Å². The number of allylic oxidation sites excluding steroid dienone is 1. The molecule has 2 atom stereocenters. The Balaban J connectivity index is 1.64. The molecular formula is C26H32ClN5O2. The Kier molecular flexibility index (Phi) is 7.99. The molecule has 34 heavy (non-hydrogen) atoms. The molecular weight excluding hydrogens is 450 g/mol. The average molecular weight is 482 g/mol. The number of anilines is 1. The molecule has 0 spiro atoms. The number of rotatable bonds is 4. The summed E-state index contributed by atoms with van der Waals surface area (Å²) >= 11 is 6.09. The predicted molar refractivity (Wildman–Crippen MR) is 138 cm³/mol. The molecule has 3 rings (SSSR count). The zero-order valence-corrected chi connectivity index (χ0v) is 20.8. The fourth-order valence-corrected chi connectivity index (χ4v) is 4.12. The van der Waals surface area contributed by atoms with E-state index in [4.69, 9.17) is 23.1 Å².